The Labute approximate surface area is 152 Å². The highest BCUT2D eigenvalue weighted by molar-refractivity contribution is 7.08. The summed E-state index contributed by atoms with van der Waals surface area (Å²) >= 11 is 14.1. The molecule has 2 N–H and O–H groups in total. The number of nitrogens with zero attached hydrogens (tertiary/aromatic N) is 4. The van der Waals surface area contributed by atoms with Crippen LogP contribution in [0.15, 0.2) is 41.4 Å². The lowest BCUT2D eigenvalue weighted by Gasteiger charge is -2.13. The number of fused-ring (bicyclic) bond motifs is 1. The van der Waals surface area contributed by atoms with Crippen LogP contribution in [0.5, 0.6) is 0 Å². The zero-order valence-corrected chi connectivity index (χ0v) is 14.6. The monoisotopic (exact) mass is 375 g/mol. The summed E-state index contributed by atoms with van der Waals surface area (Å²) in [5.74, 6) is 1.63. The summed E-state index contributed by atoms with van der Waals surface area (Å²) in [6, 6.07) is 7.39. The summed E-state index contributed by atoms with van der Waals surface area (Å²) in [6.07, 6.45) is 1.63. The van der Waals surface area contributed by atoms with E-state index in [0.29, 0.717) is 39.8 Å². The first-order valence-corrected chi connectivity index (χ1v) is 8.77. The van der Waals surface area contributed by atoms with E-state index in [2.05, 4.69) is 15.0 Å². The number of halogens is 2. The van der Waals surface area contributed by atoms with Gasteiger partial charge in [0.25, 0.3) is 0 Å². The van der Waals surface area contributed by atoms with Crippen LogP contribution < -0.4 is 5.73 Å². The summed E-state index contributed by atoms with van der Waals surface area (Å²) in [6.45, 7) is 0.435. The van der Waals surface area contributed by atoms with Gasteiger partial charge in [-0.2, -0.15) is 11.3 Å². The first kappa shape index (κ1) is 15.4. The number of hydrogen-bond acceptors (Lipinski definition) is 5. The van der Waals surface area contributed by atoms with Crippen molar-refractivity contribution >= 4 is 40.4 Å². The van der Waals surface area contributed by atoms with Crippen molar-refractivity contribution in [3.63, 3.8) is 0 Å². The lowest BCUT2D eigenvalue weighted by molar-refractivity contribution is 0.763. The number of nitrogen functional groups attached to an aromatic ring is 1. The minimum absolute atomic E-state index is 0.348. The number of aromatic nitrogens is 4. The van der Waals surface area contributed by atoms with Crippen LogP contribution >= 0.6 is 34.5 Å². The fourth-order valence-electron chi connectivity index (χ4n) is 2.44. The summed E-state index contributed by atoms with van der Waals surface area (Å²) in [4.78, 5) is 13.4. The number of anilines is 1. The van der Waals surface area contributed by atoms with Gasteiger partial charge in [0.1, 0.15) is 0 Å². The van der Waals surface area contributed by atoms with Gasteiger partial charge >= 0.3 is 0 Å². The van der Waals surface area contributed by atoms with Crippen molar-refractivity contribution in [1.29, 1.82) is 0 Å². The summed E-state index contributed by atoms with van der Waals surface area (Å²) in [5, 5.41) is 5.16. The van der Waals surface area contributed by atoms with Crippen molar-refractivity contribution in [3.05, 3.63) is 57.0 Å². The number of benzene rings is 1. The van der Waals surface area contributed by atoms with Crippen LogP contribution in [0.1, 0.15) is 5.56 Å². The van der Waals surface area contributed by atoms with Gasteiger partial charge in [0, 0.05) is 26.6 Å². The molecule has 0 aliphatic carbocycles. The molecule has 0 radical (unpaired) electrons. The first-order chi connectivity index (χ1) is 11.6. The summed E-state index contributed by atoms with van der Waals surface area (Å²) < 4.78 is 1.85. The zero-order valence-electron chi connectivity index (χ0n) is 12.3. The molecule has 0 unspecified atom stereocenters. The van der Waals surface area contributed by atoms with E-state index in [0.717, 1.165) is 11.1 Å². The molecule has 0 fully saturated rings. The molecule has 2 aromatic rings. The normalized spacial score (nSPS) is 11.2. The highest BCUT2D eigenvalue weighted by atomic mass is 35.5. The molecule has 0 amide bonds. The molecule has 24 heavy (non-hydrogen) atoms. The van der Waals surface area contributed by atoms with Gasteiger partial charge in [0.15, 0.2) is 23.2 Å². The zero-order chi connectivity index (χ0) is 16.7. The van der Waals surface area contributed by atoms with Crippen LogP contribution in [-0.4, -0.2) is 19.5 Å². The molecule has 120 valence electrons. The van der Waals surface area contributed by atoms with Gasteiger partial charge in [-0.05, 0) is 23.6 Å². The van der Waals surface area contributed by atoms with E-state index in [9.17, 15) is 0 Å². The van der Waals surface area contributed by atoms with E-state index in [1.54, 1.807) is 29.8 Å². The highest BCUT2D eigenvalue weighted by Gasteiger charge is 2.20. The Morgan fingerprint density at radius 3 is 2.62 bits per heavy atom. The fourth-order valence-corrected chi connectivity index (χ4v) is 3.60. The van der Waals surface area contributed by atoms with Crippen LogP contribution in [0.25, 0.3) is 22.9 Å². The number of rotatable bonds is 3. The third kappa shape index (κ3) is 2.62. The van der Waals surface area contributed by atoms with Gasteiger partial charge in [-0.25, -0.2) is 15.0 Å². The molecule has 2 aliphatic heterocycles. The molecule has 0 spiro atoms. The Balaban J connectivity index is 1.83. The van der Waals surface area contributed by atoms with Crippen molar-refractivity contribution < 1.29 is 0 Å². The Morgan fingerprint density at radius 1 is 1.12 bits per heavy atom. The Morgan fingerprint density at radius 2 is 1.92 bits per heavy atom. The second-order valence-electron chi connectivity index (χ2n) is 5.19. The van der Waals surface area contributed by atoms with Crippen LogP contribution in [0.4, 0.5) is 5.82 Å². The Kier molecular flexibility index (Phi) is 3.88. The molecule has 5 nitrogen and oxygen atoms in total. The Hall–Kier alpha value is -2.15. The second kappa shape index (κ2) is 6.05. The molecule has 0 saturated carbocycles. The van der Waals surface area contributed by atoms with E-state index in [1.807, 2.05) is 27.5 Å². The number of imidazole rings is 1. The quantitative estimate of drug-likeness (QED) is 0.574. The SMILES string of the molecule is Nc1ncn(Cc2c(Cl)cccc2Cl)c2nc(-c3ccsc3)nc1-2. The van der Waals surface area contributed by atoms with Crippen LogP contribution in [0.2, 0.25) is 10.0 Å². The predicted octanol–water partition coefficient (Wildman–Crippen LogP) is 4.44. The molecule has 3 heterocycles. The van der Waals surface area contributed by atoms with Gasteiger partial charge < -0.3 is 10.3 Å². The first-order valence-electron chi connectivity index (χ1n) is 7.07. The van der Waals surface area contributed by atoms with E-state index in [1.165, 1.54) is 0 Å². The maximum atomic E-state index is 6.27. The van der Waals surface area contributed by atoms with Crippen molar-refractivity contribution in [3.8, 4) is 22.9 Å². The minimum atomic E-state index is 0.348. The standard InChI is InChI=1S/C16H11Cl2N5S/c17-11-2-1-3-12(18)10(11)6-23-8-20-14(19)13-16(23)22-15(21-13)9-4-5-24-7-9/h1-5,7-8H,6,19H2. The predicted molar refractivity (Wildman–Crippen MR) is 97.7 cm³/mol. The van der Waals surface area contributed by atoms with Crippen molar-refractivity contribution in [2.45, 2.75) is 6.54 Å². The minimum Gasteiger partial charge on any atom is -0.382 e. The van der Waals surface area contributed by atoms with Crippen molar-refractivity contribution in [2.75, 3.05) is 5.73 Å². The second-order valence-corrected chi connectivity index (χ2v) is 6.78. The molecular weight excluding hydrogens is 365 g/mol. The van der Waals surface area contributed by atoms with Gasteiger partial charge in [0.2, 0.25) is 0 Å². The topological polar surface area (TPSA) is 69.6 Å². The highest BCUT2D eigenvalue weighted by Crippen LogP contribution is 2.31. The maximum absolute atomic E-state index is 6.27. The van der Waals surface area contributed by atoms with Gasteiger partial charge in [-0.1, -0.05) is 29.3 Å². The van der Waals surface area contributed by atoms with E-state index >= 15 is 0 Å². The number of hydrogen-bond donors (Lipinski definition) is 1. The average molecular weight is 376 g/mol. The van der Waals surface area contributed by atoms with Crippen LogP contribution in [0, 0.1) is 0 Å². The molecule has 4 rings (SSSR count). The van der Waals surface area contributed by atoms with Crippen molar-refractivity contribution in [2.24, 2.45) is 0 Å². The van der Waals surface area contributed by atoms with Gasteiger partial charge in [0.05, 0.1) is 12.9 Å². The van der Waals surface area contributed by atoms with Gasteiger partial charge in [-0.15, -0.1) is 0 Å². The molecule has 0 atom stereocenters. The maximum Gasteiger partial charge on any atom is 0.166 e. The fraction of sp³-hybridized carbons (Fsp3) is 0.0625. The molecule has 1 aromatic heterocycles. The Bertz CT molecular complexity index is 960. The van der Waals surface area contributed by atoms with Crippen LogP contribution in [0.3, 0.4) is 0 Å². The molecule has 2 aliphatic rings. The number of thiophene rings is 1. The summed E-state index contributed by atoms with van der Waals surface area (Å²) in [5.41, 5.74) is 8.30. The average Bonchev–Trinajstić information content (AvgIpc) is 3.22. The van der Waals surface area contributed by atoms with E-state index in [-0.39, 0.29) is 0 Å². The van der Waals surface area contributed by atoms with Crippen LogP contribution in [-0.2, 0) is 6.54 Å². The lowest BCUT2D eigenvalue weighted by Crippen LogP contribution is -2.09. The third-order valence-corrected chi connectivity index (χ3v) is 5.05. The van der Waals surface area contributed by atoms with E-state index in [4.69, 9.17) is 28.9 Å². The smallest absolute Gasteiger partial charge is 0.166 e. The lowest BCUT2D eigenvalue weighted by atomic mass is 10.2. The molecule has 0 saturated heterocycles. The molecule has 1 aromatic carbocycles. The summed E-state index contributed by atoms with van der Waals surface area (Å²) in [7, 11) is 0. The number of nitrogens with two attached hydrogens (primary N) is 1. The van der Waals surface area contributed by atoms with Crippen molar-refractivity contribution in [1.82, 2.24) is 19.5 Å². The van der Waals surface area contributed by atoms with Gasteiger partial charge in [-0.3, -0.25) is 0 Å². The molecule has 8 heteroatoms. The third-order valence-electron chi connectivity index (χ3n) is 3.66. The molecule has 0 bridgehead atoms. The van der Waals surface area contributed by atoms with E-state index < -0.39 is 0 Å². The largest absolute Gasteiger partial charge is 0.382 e. The molecular formula is C16H11Cl2N5S.